The van der Waals surface area contributed by atoms with Gasteiger partial charge in [0, 0.05) is 30.2 Å². The summed E-state index contributed by atoms with van der Waals surface area (Å²) in [7, 11) is 0. The van der Waals surface area contributed by atoms with Crippen LogP contribution in [0.25, 0.3) is 16.8 Å². The van der Waals surface area contributed by atoms with Gasteiger partial charge in [0.05, 0.1) is 24.6 Å². The van der Waals surface area contributed by atoms with Crippen LogP contribution in [0.1, 0.15) is 5.69 Å². The van der Waals surface area contributed by atoms with Gasteiger partial charge in [0.15, 0.2) is 0 Å². The Morgan fingerprint density at radius 3 is 2.38 bits per heavy atom. The second-order valence-corrected chi connectivity index (χ2v) is 6.79. The molecule has 26 heavy (non-hydrogen) atoms. The maximum atomic E-state index is 6.54. The average molecular weight is 369 g/mol. The van der Waals surface area contributed by atoms with Gasteiger partial charge in [0.2, 0.25) is 0 Å². The molecule has 1 aromatic heterocycles. The standard InChI is InChI=1S/C20H21ClN4O/c21-16-6-8-17(9-7-16)25-20(22)19(15-4-2-1-3-5-15)18(23-25)14-24-10-12-26-13-11-24/h1-9H,10-14,22H2. The molecule has 1 aliphatic heterocycles. The Kier molecular flexibility index (Phi) is 4.93. The number of aromatic nitrogens is 2. The molecule has 0 spiro atoms. The lowest BCUT2D eigenvalue weighted by atomic mass is 10.0. The van der Waals surface area contributed by atoms with Crippen molar-refractivity contribution in [3.8, 4) is 16.8 Å². The zero-order chi connectivity index (χ0) is 17.9. The van der Waals surface area contributed by atoms with E-state index in [2.05, 4.69) is 17.0 Å². The first-order chi connectivity index (χ1) is 12.7. The molecule has 134 valence electrons. The number of morpholine rings is 1. The van der Waals surface area contributed by atoms with Gasteiger partial charge in [-0.15, -0.1) is 0 Å². The monoisotopic (exact) mass is 368 g/mol. The average Bonchev–Trinajstić information content (AvgIpc) is 3.00. The Morgan fingerprint density at radius 2 is 1.69 bits per heavy atom. The summed E-state index contributed by atoms with van der Waals surface area (Å²) in [6, 6.07) is 17.7. The number of hydrogen-bond acceptors (Lipinski definition) is 4. The molecule has 0 saturated carbocycles. The highest BCUT2D eigenvalue weighted by atomic mass is 35.5. The fourth-order valence-electron chi connectivity index (χ4n) is 3.26. The molecule has 2 aromatic carbocycles. The van der Waals surface area contributed by atoms with Gasteiger partial charge in [-0.3, -0.25) is 4.90 Å². The summed E-state index contributed by atoms with van der Waals surface area (Å²) in [5, 5.41) is 5.54. The van der Waals surface area contributed by atoms with Gasteiger partial charge < -0.3 is 10.5 Å². The van der Waals surface area contributed by atoms with Crippen LogP contribution in [0, 0.1) is 0 Å². The van der Waals surface area contributed by atoms with E-state index in [0.29, 0.717) is 10.8 Å². The molecule has 6 heteroatoms. The predicted molar refractivity (Wildman–Crippen MR) is 105 cm³/mol. The van der Waals surface area contributed by atoms with E-state index in [0.717, 1.165) is 55.4 Å². The molecule has 1 fully saturated rings. The van der Waals surface area contributed by atoms with Crippen molar-refractivity contribution >= 4 is 17.4 Å². The van der Waals surface area contributed by atoms with Crippen LogP contribution in [0.2, 0.25) is 5.02 Å². The van der Waals surface area contributed by atoms with E-state index in [-0.39, 0.29) is 0 Å². The first-order valence-corrected chi connectivity index (χ1v) is 9.09. The number of nitrogens with zero attached hydrogens (tertiary/aromatic N) is 3. The fourth-order valence-corrected chi connectivity index (χ4v) is 3.38. The van der Waals surface area contributed by atoms with Gasteiger partial charge in [-0.05, 0) is 29.8 Å². The zero-order valence-corrected chi connectivity index (χ0v) is 15.2. The third-order valence-electron chi connectivity index (χ3n) is 4.60. The largest absolute Gasteiger partial charge is 0.383 e. The van der Waals surface area contributed by atoms with Crippen molar-refractivity contribution in [3.05, 3.63) is 65.3 Å². The van der Waals surface area contributed by atoms with Crippen LogP contribution in [0.5, 0.6) is 0 Å². The van der Waals surface area contributed by atoms with E-state index in [1.165, 1.54) is 0 Å². The lowest BCUT2D eigenvalue weighted by Crippen LogP contribution is -2.35. The van der Waals surface area contributed by atoms with Gasteiger partial charge >= 0.3 is 0 Å². The molecule has 3 aromatic rings. The number of halogens is 1. The normalized spacial score (nSPS) is 15.3. The molecule has 0 bridgehead atoms. The number of rotatable bonds is 4. The molecular weight excluding hydrogens is 348 g/mol. The minimum atomic E-state index is 0.641. The minimum absolute atomic E-state index is 0.641. The number of nitrogens with two attached hydrogens (primary N) is 1. The Labute approximate surface area is 157 Å². The maximum absolute atomic E-state index is 6.54. The molecule has 0 radical (unpaired) electrons. The Morgan fingerprint density at radius 1 is 1.00 bits per heavy atom. The van der Waals surface area contributed by atoms with Crippen molar-refractivity contribution in [3.63, 3.8) is 0 Å². The number of ether oxygens (including phenoxy) is 1. The molecule has 0 aliphatic carbocycles. The van der Waals surface area contributed by atoms with Crippen molar-refractivity contribution in [1.29, 1.82) is 0 Å². The summed E-state index contributed by atoms with van der Waals surface area (Å²) in [5.74, 6) is 0.641. The van der Waals surface area contributed by atoms with Crippen molar-refractivity contribution in [2.75, 3.05) is 32.0 Å². The summed E-state index contributed by atoms with van der Waals surface area (Å²) in [5.41, 5.74) is 10.5. The Hall–Kier alpha value is -2.34. The molecule has 2 heterocycles. The smallest absolute Gasteiger partial charge is 0.135 e. The summed E-state index contributed by atoms with van der Waals surface area (Å²) >= 11 is 6.02. The number of anilines is 1. The van der Waals surface area contributed by atoms with Gasteiger partial charge in [-0.2, -0.15) is 5.10 Å². The molecule has 1 aliphatic rings. The van der Waals surface area contributed by atoms with Gasteiger partial charge in [0.1, 0.15) is 5.82 Å². The topological polar surface area (TPSA) is 56.3 Å². The van der Waals surface area contributed by atoms with Crippen LogP contribution in [-0.2, 0) is 11.3 Å². The zero-order valence-electron chi connectivity index (χ0n) is 14.4. The summed E-state index contributed by atoms with van der Waals surface area (Å²) in [4.78, 5) is 2.35. The third kappa shape index (κ3) is 3.46. The molecular formula is C20H21ClN4O. The van der Waals surface area contributed by atoms with Crippen LogP contribution in [0.4, 0.5) is 5.82 Å². The quantitative estimate of drug-likeness (QED) is 0.764. The lowest BCUT2D eigenvalue weighted by Gasteiger charge is -2.26. The maximum Gasteiger partial charge on any atom is 0.135 e. The molecule has 2 N–H and O–H groups in total. The van der Waals surface area contributed by atoms with E-state index in [1.807, 2.05) is 42.5 Å². The van der Waals surface area contributed by atoms with Crippen LogP contribution in [-0.4, -0.2) is 41.0 Å². The van der Waals surface area contributed by atoms with Gasteiger partial charge in [-0.25, -0.2) is 4.68 Å². The molecule has 0 unspecified atom stereocenters. The highest BCUT2D eigenvalue weighted by Gasteiger charge is 2.21. The number of benzene rings is 2. The second kappa shape index (κ2) is 7.50. The number of nitrogen functional groups attached to an aromatic ring is 1. The van der Waals surface area contributed by atoms with Crippen molar-refractivity contribution in [2.45, 2.75) is 6.54 Å². The van der Waals surface area contributed by atoms with Crippen molar-refractivity contribution in [1.82, 2.24) is 14.7 Å². The van der Waals surface area contributed by atoms with Crippen molar-refractivity contribution < 1.29 is 4.74 Å². The first-order valence-electron chi connectivity index (χ1n) is 8.71. The van der Waals surface area contributed by atoms with Gasteiger partial charge in [0.25, 0.3) is 0 Å². The van der Waals surface area contributed by atoms with Gasteiger partial charge in [-0.1, -0.05) is 41.9 Å². The highest BCUT2D eigenvalue weighted by Crippen LogP contribution is 2.32. The van der Waals surface area contributed by atoms with Crippen LogP contribution < -0.4 is 5.73 Å². The van der Waals surface area contributed by atoms with Crippen molar-refractivity contribution in [2.24, 2.45) is 0 Å². The van der Waals surface area contributed by atoms with Crippen LogP contribution in [0.15, 0.2) is 54.6 Å². The van der Waals surface area contributed by atoms with E-state index in [9.17, 15) is 0 Å². The predicted octanol–water partition coefficient (Wildman–Crippen LogP) is 3.61. The Balaban J connectivity index is 1.77. The van der Waals surface area contributed by atoms with Crippen LogP contribution in [0.3, 0.4) is 0 Å². The van der Waals surface area contributed by atoms with Crippen LogP contribution >= 0.6 is 11.6 Å². The van der Waals surface area contributed by atoms with E-state index in [1.54, 1.807) is 4.68 Å². The summed E-state index contributed by atoms with van der Waals surface area (Å²) in [6.07, 6.45) is 0. The highest BCUT2D eigenvalue weighted by molar-refractivity contribution is 6.30. The molecule has 4 rings (SSSR count). The van der Waals surface area contributed by atoms with E-state index >= 15 is 0 Å². The van der Waals surface area contributed by atoms with E-state index in [4.69, 9.17) is 27.2 Å². The third-order valence-corrected chi connectivity index (χ3v) is 4.86. The number of hydrogen-bond donors (Lipinski definition) is 1. The summed E-state index contributed by atoms with van der Waals surface area (Å²) in [6.45, 7) is 4.07. The SMILES string of the molecule is Nc1c(-c2ccccc2)c(CN2CCOCC2)nn1-c1ccc(Cl)cc1. The molecule has 0 atom stereocenters. The molecule has 5 nitrogen and oxygen atoms in total. The molecule has 0 amide bonds. The second-order valence-electron chi connectivity index (χ2n) is 6.35. The van der Waals surface area contributed by atoms with E-state index < -0.39 is 0 Å². The Bertz CT molecular complexity index is 871. The molecule has 1 saturated heterocycles. The summed E-state index contributed by atoms with van der Waals surface area (Å²) < 4.78 is 7.26. The minimum Gasteiger partial charge on any atom is -0.383 e. The lowest BCUT2D eigenvalue weighted by molar-refractivity contribution is 0.0337. The fraction of sp³-hybridized carbons (Fsp3) is 0.250. The first kappa shape index (κ1) is 17.1.